The zero-order chi connectivity index (χ0) is 15.6. The average molecular weight is 326 g/mol. The van der Waals surface area contributed by atoms with Gasteiger partial charge in [0.1, 0.15) is 18.6 Å². The molecule has 6 nitrogen and oxygen atoms in total. The van der Waals surface area contributed by atoms with E-state index < -0.39 is 0 Å². The molecule has 0 radical (unpaired) electrons. The molecule has 0 spiro atoms. The van der Waals surface area contributed by atoms with Crippen LogP contribution in [0.15, 0.2) is 42.6 Å². The Morgan fingerprint density at radius 2 is 2.00 bits per heavy atom. The summed E-state index contributed by atoms with van der Waals surface area (Å²) in [6, 6.07) is 11.6. The SMILES string of the molecule is O=C(c1ccc2snnc2c1)N1CCN(c2cccc[nH+]2)CC1. The Kier molecular flexibility index (Phi) is 3.63. The van der Waals surface area contributed by atoms with Crippen molar-refractivity contribution in [2.24, 2.45) is 0 Å². The fourth-order valence-corrected chi connectivity index (χ4v) is 3.37. The van der Waals surface area contributed by atoms with Crippen LogP contribution >= 0.6 is 11.5 Å². The van der Waals surface area contributed by atoms with Gasteiger partial charge in [0.25, 0.3) is 11.7 Å². The molecule has 3 aromatic rings. The first-order chi connectivity index (χ1) is 11.3. The Labute approximate surface area is 137 Å². The van der Waals surface area contributed by atoms with Crippen molar-refractivity contribution in [3.8, 4) is 0 Å². The van der Waals surface area contributed by atoms with Gasteiger partial charge >= 0.3 is 0 Å². The summed E-state index contributed by atoms with van der Waals surface area (Å²) in [6.45, 7) is 3.09. The quantitative estimate of drug-likeness (QED) is 0.715. The van der Waals surface area contributed by atoms with Crippen LogP contribution in [0.4, 0.5) is 5.82 Å². The van der Waals surface area contributed by atoms with Crippen molar-refractivity contribution >= 4 is 33.5 Å². The van der Waals surface area contributed by atoms with Gasteiger partial charge in [-0.25, -0.2) is 4.98 Å². The van der Waals surface area contributed by atoms with Gasteiger partial charge in [-0.1, -0.05) is 10.6 Å². The Morgan fingerprint density at radius 1 is 1.13 bits per heavy atom. The Balaban J connectivity index is 1.46. The molecule has 1 aromatic carbocycles. The number of pyridine rings is 1. The Morgan fingerprint density at radius 3 is 2.78 bits per heavy atom. The standard InChI is InChI=1S/C16H15N5OS/c22-16(12-4-5-14-13(11-12)18-19-23-14)21-9-7-20(8-10-21)15-3-1-2-6-17-15/h1-6,11H,7-10H2/p+1. The molecule has 2 aromatic heterocycles. The highest BCUT2D eigenvalue weighted by Gasteiger charge is 2.26. The number of carbonyl (C=O) groups excluding carboxylic acids is 1. The topological polar surface area (TPSA) is 63.5 Å². The van der Waals surface area contributed by atoms with Gasteiger partial charge in [-0.15, -0.1) is 5.10 Å². The lowest BCUT2D eigenvalue weighted by Crippen LogP contribution is -2.50. The summed E-state index contributed by atoms with van der Waals surface area (Å²) in [6.07, 6.45) is 1.92. The fourth-order valence-electron chi connectivity index (χ4n) is 2.83. The minimum absolute atomic E-state index is 0.0663. The number of amides is 1. The van der Waals surface area contributed by atoms with Crippen LogP contribution in [-0.2, 0) is 0 Å². The molecule has 7 heteroatoms. The van der Waals surface area contributed by atoms with E-state index in [1.54, 1.807) is 0 Å². The number of benzene rings is 1. The number of rotatable bonds is 2. The minimum atomic E-state index is 0.0663. The molecular weight excluding hydrogens is 310 g/mol. The van der Waals surface area contributed by atoms with Crippen LogP contribution in [0.3, 0.4) is 0 Å². The number of piperazine rings is 1. The van der Waals surface area contributed by atoms with Gasteiger partial charge in [-0.05, 0) is 35.8 Å². The number of H-pyrrole nitrogens is 1. The van der Waals surface area contributed by atoms with E-state index in [0.29, 0.717) is 5.56 Å². The van der Waals surface area contributed by atoms with Gasteiger partial charge in [0.15, 0.2) is 0 Å². The summed E-state index contributed by atoms with van der Waals surface area (Å²) in [5.74, 6) is 1.16. The molecule has 1 fully saturated rings. The molecule has 4 rings (SSSR count). The predicted octanol–water partition coefficient (Wildman–Crippen LogP) is 1.47. The van der Waals surface area contributed by atoms with Crippen molar-refractivity contribution in [2.45, 2.75) is 0 Å². The molecule has 1 N–H and O–H groups in total. The van der Waals surface area contributed by atoms with Crippen molar-refractivity contribution in [1.29, 1.82) is 0 Å². The van der Waals surface area contributed by atoms with E-state index in [2.05, 4.69) is 25.5 Å². The molecule has 1 saturated heterocycles. The lowest BCUT2D eigenvalue weighted by atomic mass is 10.1. The van der Waals surface area contributed by atoms with Crippen molar-refractivity contribution in [3.63, 3.8) is 0 Å². The third-order valence-electron chi connectivity index (χ3n) is 4.09. The number of aromatic nitrogens is 3. The van der Waals surface area contributed by atoms with Crippen molar-refractivity contribution < 1.29 is 9.78 Å². The second-order valence-electron chi connectivity index (χ2n) is 5.48. The van der Waals surface area contributed by atoms with Crippen LogP contribution in [0.5, 0.6) is 0 Å². The highest BCUT2D eigenvalue weighted by atomic mass is 32.1. The molecule has 1 amide bonds. The van der Waals surface area contributed by atoms with Crippen molar-refractivity contribution in [3.05, 3.63) is 48.2 Å². The maximum atomic E-state index is 12.7. The number of carbonyl (C=O) groups is 1. The zero-order valence-corrected chi connectivity index (χ0v) is 13.3. The molecule has 3 heterocycles. The molecule has 1 aliphatic heterocycles. The summed E-state index contributed by atoms with van der Waals surface area (Å²) in [4.78, 5) is 20.1. The van der Waals surface area contributed by atoms with Gasteiger partial charge in [-0.3, -0.25) is 9.69 Å². The number of nitrogens with one attached hydrogen (secondary N) is 1. The number of hydrogen-bond donors (Lipinski definition) is 0. The van der Waals surface area contributed by atoms with Crippen LogP contribution in [-0.4, -0.2) is 46.6 Å². The largest absolute Gasteiger partial charge is 0.331 e. The van der Waals surface area contributed by atoms with Gasteiger partial charge in [0.2, 0.25) is 0 Å². The summed E-state index contributed by atoms with van der Waals surface area (Å²) in [5.41, 5.74) is 1.48. The van der Waals surface area contributed by atoms with Crippen LogP contribution < -0.4 is 9.88 Å². The smallest absolute Gasteiger partial charge is 0.274 e. The predicted molar refractivity (Wildman–Crippen MR) is 88.5 cm³/mol. The first-order valence-electron chi connectivity index (χ1n) is 7.54. The maximum Gasteiger partial charge on any atom is 0.274 e. The van der Waals surface area contributed by atoms with Crippen LogP contribution in [0.1, 0.15) is 10.4 Å². The van der Waals surface area contributed by atoms with Crippen LogP contribution in [0, 0.1) is 0 Å². The van der Waals surface area contributed by atoms with E-state index in [1.165, 1.54) is 11.5 Å². The lowest BCUT2D eigenvalue weighted by molar-refractivity contribution is -0.364. The van der Waals surface area contributed by atoms with E-state index in [4.69, 9.17) is 0 Å². The molecule has 1 aliphatic rings. The van der Waals surface area contributed by atoms with Crippen molar-refractivity contribution in [2.75, 3.05) is 31.1 Å². The molecule has 0 aliphatic carbocycles. The highest BCUT2D eigenvalue weighted by Crippen LogP contribution is 2.19. The normalized spacial score (nSPS) is 15.1. The van der Waals surface area contributed by atoms with E-state index >= 15 is 0 Å². The highest BCUT2D eigenvalue weighted by molar-refractivity contribution is 7.12. The Hall–Kier alpha value is -2.54. The molecule has 0 bridgehead atoms. The maximum absolute atomic E-state index is 12.7. The van der Waals surface area contributed by atoms with Crippen molar-refractivity contribution in [1.82, 2.24) is 14.5 Å². The molecule has 0 unspecified atom stereocenters. The summed E-state index contributed by atoms with van der Waals surface area (Å²) < 4.78 is 4.92. The summed E-state index contributed by atoms with van der Waals surface area (Å²) >= 11 is 1.35. The molecule has 116 valence electrons. The number of aromatic amines is 1. The average Bonchev–Trinajstić information content (AvgIpc) is 3.10. The first kappa shape index (κ1) is 14.1. The molecule has 23 heavy (non-hydrogen) atoms. The second kappa shape index (κ2) is 5.92. The van der Waals surface area contributed by atoms with E-state index in [9.17, 15) is 4.79 Å². The van der Waals surface area contributed by atoms with Gasteiger partial charge in [0.05, 0.1) is 24.0 Å². The zero-order valence-electron chi connectivity index (χ0n) is 12.5. The third-order valence-corrected chi connectivity index (χ3v) is 4.80. The number of anilines is 1. The summed E-state index contributed by atoms with van der Waals surface area (Å²) in [7, 11) is 0. The monoisotopic (exact) mass is 326 g/mol. The van der Waals surface area contributed by atoms with Gasteiger partial charge in [-0.2, -0.15) is 0 Å². The number of hydrogen-bond acceptors (Lipinski definition) is 5. The van der Waals surface area contributed by atoms with Crippen LogP contribution in [0.25, 0.3) is 10.2 Å². The Bertz CT molecular complexity index is 827. The van der Waals surface area contributed by atoms with Gasteiger partial charge < -0.3 is 4.90 Å². The molecule has 0 saturated carbocycles. The molecular formula is C16H16N5OS+. The van der Waals surface area contributed by atoms with Gasteiger partial charge in [0, 0.05) is 11.6 Å². The number of fused-ring (bicyclic) bond motifs is 1. The van der Waals surface area contributed by atoms with E-state index in [-0.39, 0.29) is 5.91 Å². The van der Waals surface area contributed by atoms with Crippen LogP contribution in [0.2, 0.25) is 0 Å². The van der Waals surface area contributed by atoms with E-state index in [1.807, 2.05) is 41.4 Å². The first-order valence-corrected chi connectivity index (χ1v) is 8.32. The minimum Gasteiger partial charge on any atom is -0.331 e. The second-order valence-corrected chi connectivity index (χ2v) is 6.27. The molecule has 0 atom stereocenters. The number of nitrogens with zero attached hydrogens (tertiary/aromatic N) is 4. The third kappa shape index (κ3) is 2.75. The van der Waals surface area contributed by atoms with E-state index in [0.717, 1.165) is 42.2 Å². The summed E-state index contributed by atoms with van der Waals surface area (Å²) in [5, 5.41) is 4.04. The lowest BCUT2D eigenvalue weighted by Gasteiger charge is -2.31. The fraction of sp³-hybridized carbons (Fsp3) is 0.250.